The van der Waals surface area contributed by atoms with Crippen molar-refractivity contribution in [1.29, 1.82) is 0 Å². The number of para-hydroxylation sites is 1. The maximum Gasteiger partial charge on any atom is 0.252 e. The predicted molar refractivity (Wildman–Crippen MR) is 71.6 cm³/mol. The average molecular weight is 241 g/mol. The van der Waals surface area contributed by atoms with Gasteiger partial charge in [0.1, 0.15) is 5.75 Å². The zero-order valence-corrected chi connectivity index (χ0v) is 10.2. The van der Waals surface area contributed by atoms with Crippen LogP contribution in [0.1, 0.15) is 17.3 Å². The molecule has 0 fully saturated rings. The van der Waals surface area contributed by atoms with E-state index in [1.54, 1.807) is 6.07 Å². The van der Waals surface area contributed by atoms with Gasteiger partial charge in [0.25, 0.3) is 5.91 Å². The van der Waals surface area contributed by atoms with Crippen molar-refractivity contribution in [1.82, 2.24) is 0 Å². The molecule has 0 radical (unpaired) electrons. The van der Waals surface area contributed by atoms with Crippen LogP contribution in [0.2, 0.25) is 0 Å². The number of carbonyl (C=O) groups excluding carboxylic acids is 1. The average Bonchev–Trinajstić information content (AvgIpc) is 2.40. The molecule has 2 N–H and O–H groups in total. The van der Waals surface area contributed by atoms with Crippen molar-refractivity contribution in [3.8, 4) is 16.9 Å². The number of carbonyl (C=O) groups is 1. The Morgan fingerprint density at radius 2 is 1.83 bits per heavy atom. The molecule has 0 heterocycles. The standard InChI is InChI=1S/C15H15NO2/c1-2-18-14-12(11-7-4-3-5-8-11)9-6-10-13(14)15(16)17/h3-10H,2H2,1H3,(H2,16,17). The van der Waals surface area contributed by atoms with Gasteiger partial charge in [0.15, 0.2) is 0 Å². The van der Waals surface area contributed by atoms with Crippen LogP contribution in [0.3, 0.4) is 0 Å². The molecular weight excluding hydrogens is 226 g/mol. The van der Waals surface area contributed by atoms with Gasteiger partial charge in [-0.1, -0.05) is 42.5 Å². The Morgan fingerprint density at radius 1 is 1.11 bits per heavy atom. The van der Waals surface area contributed by atoms with Crippen molar-refractivity contribution < 1.29 is 9.53 Å². The van der Waals surface area contributed by atoms with Crippen molar-refractivity contribution in [3.05, 3.63) is 54.1 Å². The molecule has 3 nitrogen and oxygen atoms in total. The highest BCUT2D eigenvalue weighted by molar-refractivity contribution is 5.98. The van der Waals surface area contributed by atoms with Crippen LogP contribution in [-0.2, 0) is 0 Å². The first-order valence-electron chi connectivity index (χ1n) is 5.85. The third kappa shape index (κ3) is 2.35. The van der Waals surface area contributed by atoms with Crippen molar-refractivity contribution in [3.63, 3.8) is 0 Å². The van der Waals surface area contributed by atoms with Crippen molar-refractivity contribution >= 4 is 5.91 Å². The highest BCUT2D eigenvalue weighted by Gasteiger charge is 2.14. The molecule has 0 saturated heterocycles. The number of benzene rings is 2. The normalized spacial score (nSPS) is 10.1. The van der Waals surface area contributed by atoms with Crippen LogP contribution in [0.25, 0.3) is 11.1 Å². The lowest BCUT2D eigenvalue weighted by Crippen LogP contribution is -2.13. The number of primary amides is 1. The molecule has 2 aromatic carbocycles. The monoisotopic (exact) mass is 241 g/mol. The molecule has 1 amide bonds. The smallest absolute Gasteiger partial charge is 0.252 e. The second kappa shape index (κ2) is 5.36. The van der Waals surface area contributed by atoms with Crippen molar-refractivity contribution in [2.24, 2.45) is 5.73 Å². The van der Waals surface area contributed by atoms with Gasteiger partial charge in [0.2, 0.25) is 0 Å². The number of nitrogens with two attached hydrogens (primary N) is 1. The van der Waals surface area contributed by atoms with Gasteiger partial charge in [0.05, 0.1) is 12.2 Å². The van der Waals surface area contributed by atoms with E-state index >= 15 is 0 Å². The highest BCUT2D eigenvalue weighted by atomic mass is 16.5. The number of hydrogen-bond donors (Lipinski definition) is 1. The zero-order valence-electron chi connectivity index (χ0n) is 10.2. The Kier molecular flexibility index (Phi) is 3.63. The molecular formula is C15H15NO2. The third-order valence-electron chi connectivity index (χ3n) is 2.65. The summed E-state index contributed by atoms with van der Waals surface area (Å²) in [6.45, 7) is 2.37. The molecule has 3 heteroatoms. The van der Waals surface area contributed by atoms with Gasteiger partial charge in [0, 0.05) is 5.56 Å². The SMILES string of the molecule is CCOc1c(C(N)=O)cccc1-c1ccccc1. The van der Waals surface area contributed by atoms with E-state index in [9.17, 15) is 4.79 Å². The zero-order chi connectivity index (χ0) is 13.0. The minimum atomic E-state index is -0.476. The van der Waals surface area contributed by atoms with Crippen LogP contribution in [-0.4, -0.2) is 12.5 Å². The van der Waals surface area contributed by atoms with E-state index < -0.39 is 5.91 Å². The Labute approximate surface area is 106 Å². The van der Waals surface area contributed by atoms with Gasteiger partial charge in [-0.3, -0.25) is 4.79 Å². The number of ether oxygens (including phenoxy) is 1. The summed E-state index contributed by atoms with van der Waals surface area (Å²) in [5.41, 5.74) is 7.67. The molecule has 0 aliphatic heterocycles. The molecule has 18 heavy (non-hydrogen) atoms. The van der Waals surface area contributed by atoms with E-state index in [-0.39, 0.29) is 0 Å². The largest absolute Gasteiger partial charge is 0.492 e. The maximum atomic E-state index is 11.4. The Balaban J connectivity index is 2.60. The summed E-state index contributed by atoms with van der Waals surface area (Å²) < 4.78 is 5.58. The third-order valence-corrected chi connectivity index (χ3v) is 2.65. The second-order valence-corrected chi connectivity index (χ2v) is 3.85. The first-order valence-corrected chi connectivity index (χ1v) is 5.85. The van der Waals surface area contributed by atoms with Gasteiger partial charge in [-0.05, 0) is 18.6 Å². The summed E-state index contributed by atoms with van der Waals surface area (Å²) in [4.78, 5) is 11.4. The molecule has 0 aliphatic rings. The number of hydrogen-bond acceptors (Lipinski definition) is 2. The molecule has 0 atom stereocenters. The van der Waals surface area contributed by atoms with Crippen LogP contribution >= 0.6 is 0 Å². The van der Waals surface area contributed by atoms with Crippen LogP contribution in [0, 0.1) is 0 Å². The molecule has 0 unspecified atom stereocenters. The maximum absolute atomic E-state index is 11.4. The molecule has 92 valence electrons. The quantitative estimate of drug-likeness (QED) is 0.894. The van der Waals surface area contributed by atoms with Crippen LogP contribution in [0.5, 0.6) is 5.75 Å². The molecule has 2 aromatic rings. The minimum Gasteiger partial charge on any atom is -0.492 e. The summed E-state index contributed by atoms with van der Waals surface area (Å²) in [5.74, 6) is 0.0786. The minimum absolute atomic E-state index is 0.415. The topological polar surface area (TPSA) is 52.3 Å². The summed E-state index contributed by atoms with van der Waals surface area (Å²) in [6.07, 6.45) is 0. The molecule has 0 saturated carbocycles. The Morgan fingerprint density at radius 3 is 2.44 bits per heavy atom. The first-order chi connectivity index (χ1) is 8.74. The van der Waals surface area contributed by atoms with Gasteiger partial charge in [-0.2, -0.15) is 0 Å². The molecule has 0 aliphatic carbocycles. The fraction of sp³-hybridized carbons (Fsp3) is 0.133. The summed E-state index contributed by atoms with van der Waals surface area (Å²) in [6, 6.07) is 15.2. The first kappa shape index (κ1) is 12.2. The fourth-order valence-corrected chi connectivity index (χ4v) is 1.88. The number of rotatable bonds is 4. The van der Waals surface area contributed by atoms with E-state index in [0.29, 0.717) is 17.9 Å². The van der Waals surface area contributed by atoms with Gasteiger partial charge in [-0.15, -0.1) is 0 Å². The molecule has 0 spiro atoms. The van der Waals surface area contributed by atoms with Gasteiger partial charge >= 0.3 is 0 Å². The molecule has 0 aromatic heterocycles. The summed E-state index contributed by atoms with van der Waals surface area (Å²) >= 11 is 0. The van der Waals surface area contributed by atoms with Crippen molar-refractivity contribution in [2.75, 3.05) is 6.61 Å². The summed E-state index contributed by atoms with van der Waals surface area (Å²) in [5, 5.41) is 0. The lowest BCUT2D eigenvalue weighted by molar-refractivity contribution is 0.0997. The van der Waals surface area contributed by atoms with E-state index in [0.717, 1.165) is 11.1 Å². The van der Waals surface area contributed by atoms with Gasteiger partial charge in [-0.25, -0.2) is 0 Å². The lowest BCUT2D eigenvalue weighted by atomic mass is 10.0. The van der Waals surface area contributed by atoms with E-state index in [4.69, 9.17) is 10.5 Å². The van der Waals surface area contributed by atoms with Crippen LogP contribution in [0.4, 0.5) is 0 Å². The summed E-state index contributed by atoms with van der Waals surface area (Å²) in [7, 11) is 0. The van der Waals surface area contributed by atoms with E-state index in [2.05, 4.69) is 0 Å². The molecule has 0 bridgehead atoms. The Hall–Kier alpha value is -2.29. The predicted octanol–water partition coefficient (Wildman–Crippen LogP) is 2.85. The highest BCUT2D eigenvalue weighted by Crippen LogP contribution is 2.33. The number of amides is 1. The van der Waals surface area contributed by atoms with Crippen molar-refractivity contribution in [2.45, 2.75) is 6.92 Å². The van der Waals surface area contributed by atoms with E-state index in [1.807, 2.05) is 49.4 Å². The fourth-order valence-electron chi connectivity index (χ4n) is 1.88. The lowest BCUT2D eigenvalue weighted by Gasteiger charge is -2.13. The second-order valence-electron chi connectivity index (χ2n) is 3.85. The Bertz CT molecular complexity index is 550. The van der Waals surface area contributed by atoms with Crippen LogP contribution in [0.15, 0.2) is 48.5 Å². The molecule has 2 rings (SSSR count). The van der Waals surface area contributed by atoms with Crippen LogP contribution < -0.4 is 10.5 Å². The van der Waals surface area contributed by atoms with Gasteiger partial charge < -0.3 is 10.5 Å². The van der Waals surface area contributed by atoms with E-state index in [1.165, 1.54) is 0 Å².